The molecule has 2 aliphatic heterocycles. The Balaban J connectivity index is 1.44. The van der Waals surface area contributed by atoms with Crippen molar-refractivity contribution in [2.45, 2.75) is 30.9 Å². The first-order valence-corrected chi connectivity index (χ1v) is 13.7. The first kappa shape index (κ1) is 26.6. The second-order valence-corrected chi connectivity index (χ2v) is 10.3. The lowest BCUT2D eigenvalue weighted by molar-refractivity contribution is -0.128. The number of nitrogens with two attached hydrogens (primary N) is 1. The highest BCUT2D eigenvalue weighted by Crippen LogP contribution is 2.40. The van der Waals surface area contributed by atoms with Crippen LogP contribution in [0.2, 0.25) is 0 Å². The van der Waals surface area contributed by atoms with E-state index in [0.29, 0.717) is 67.4 Å². The van der Waals surface area contributed by atoms with Crippen LogP contribution >= 0.6 is 0 Å². The number of piperidine rings is 1. The molecule has 3 N–H and O–H groups in total. The molecule has 0 radical (unpaired) electrons. The normalized spacial score (nSPS) is 18.1. The Labute approximate surface area is 238 Å². The van der Waals surface area contributed by atoms with Gasteiger partial charge in [0, 0.05) is 38.1 Å². The van der Waals surface area contributed by atoms with Crippen LogP contribution < -0.4 is 10.5 Å². The number of hydrogen-bond acceptors (Lipinski definition) is 7. The molecule has 2 fully saturated rings. The molecule has 0 spiro atoms. The van der Waals surface area contributed by atoms with Gasteiger partial charge in [-0.05, 0) is 48.2 Å². The summed E-state index contributed by atoms with van der Waals surface area (Å²) in [5.74, 6) is 8.13. The number of carbonyl (C=O) groups excluding carboxylic acids is 1. The lowest BCUT2D eigenvalue weighted by atomic mass is 9.91. The molecule has 1 unspecified atom stereocenters. The molecule has 6 rings (SSSR count). The minimum Gasteiger partial charge on any atom is -0.457 e. The smallest absolute Gasteiger partial charge is 0.245 e. The maximum Gasteiger partial charge on any atom is 0.245 e. The fourth-order valence-corrected chi connectivity index (χ4v) is 5.48. The second-order valence-electron chi connectivity index (χ2n) is 10.3. The van der Waals surface area contributed by atoms with Gasteiger partial charge in [0.15, 0.2) is 0 Å². The Morgan fingerprint density at radius 3 is 2.54 bits per heavy atom. The summed E-state index contributed by atoms with van der Waals surface area (Å²) in [6, 6.07) is 17.3. The highest BCUT2D eigenvalue weighted by molar-refractivity contribution is 6.03. The Morgan fingerprint density at radius 2 is 1.85 bits per heavy atom. The van der Waals surface area contributed by atoms with E-state index < -0.39 is 5.60 Å². The van der Waals surface area contributed by atoms with E-state index in [1.807, 2.05) is 54.6 Å². The molecule has 208 valence electrons. The number of nitrogen functional groups attached to an aromatic ring is 1. The molecule has 2 aliphatic rings. The number of benzene rings is 2. The number of carbonyl (C=O) groups is 1. The highest BCUT2D eigenvalue weighted by atomic mass is 16.5. The number of anilines is 1. The standard InChI is InChI=1S/C32H31N5O4/c1-2-27(38)36-17-15-32(39,16-18-36)14-12-26-28(22-8-10-25(11-9-22)41-24-6-4-3-5-7-24)29-30(33)34-21-35-31(29)37(26)23-13-19-40-20-23/h2-11,21,23,39H,1,13,15-20H2,(H2,33,34,35). The van der Waals surface area contributed by atoms with Crippen molar-refractivity contribution in [3.63, 3.8) is 0 Å². The Kier molecular flexibility index (Phi) is 7.18. The second kappa shape index (κ2) is 11.1. The molecule has 9 nitrogen and oxygen atoms in total. The van der Waals surface area contributed by atoms with Gasteiger partial charge in [0.05, 0.1) is 18.0 Å². The Bertz CT molecular complexity index is 1640. The zero-order valence-corrected chi connectivity index (χ0v) is 22.6. The quantitative estimate of drug-likeness (QED) is 0.281. The minimum absolute atomic E-state index is 0.00670. The molecule has 4 heterocycles. The van der Waals surface area contributed by atoms with Gasteiger partial charge in [0.25, 0.3) is 0 Å². The molecule has 41 heavy (non-hydrogen) atoms. The van der Waals surface area contributed by atoms with Crippen LogP contribution in [-0.4, -0.2) is 62.4 Å². The number of para-hydroxylation sites is 1. The van der Waals surface area contributed by atoms with E-state index >= 15 is 0 Å². The van der Waals surface area contributed by atoms with Crippen molar-refractivity contribution < 1.29 is 19.4 Å². The SMILES string of the molecule is C=CC(=O)N1CCC(O)(C#Cc2c(-c3ccc(Oc4ccccc4)cc3)c3c(N)ncnc3n2C2CCOC2)CC1. The summed E-state index contributed by atoms with van der Waals surface area (Å²) in [5.41, 5.74) is 8.26. The molecule has 4 aromatic rings. The zero-order valence-electron chi connectivity index (χ0n) is 22.6. The topological polar surface area (TPSA) is 116 Å². The number of rotatable bonds is 5. The molecule has 2 saturated heterocycles. The Morgan fingerprint density at radius 1 is 1.12 bits per heavy atom. The van der Waals surface area contributed by atoms with E-state index in [4.69, 9.17) is 15.2 Å². The van der Waals surface area contributed by atoms with Crippen molar-refractivity contribution >= 4 is 22.8 Å². The van der Waals surface area contributed by atoms with E-state index in [0.717, 1.165) is 23.3 Å². The monoisotopic (exact) mass is 549 g/mol. The molecule has 0 aliphatic carbocycles. The lowest BCUT2D eigenvalue weighted by Gasteiger charge is -2.34. The molecule has 1 atom stereocenters. The van der Waals surface area contributed by atoms with Crippen LogP contribution in [0.15, 0.2) is 73.6 Å². The average Bonchev–Trinajstić information content (AvgIpc) is 3.64. The summed E-state index contributed by atoms with van der Waals surface area (Å²) in [7, 11) is 0. The van der Waals surface area contributed by atoms with E-state index in [1.165, 1.54) is 12.4 Å². The van der Waals surface area contributed by atoms with Crippen molar-refractivity contribution in [1.82, 2.24) is 19.4 Å². The maximum atomic E-state index is 12.0. The predicted molar refractivity (Wildman–Crippen MR) is 156 cm³/mol. The molecule has 2 aromatic heterocycles. The van der Waals surface area contributed by atoms with Crippen LogP contribution in [0.5, 0.6) is 11.5 Å². The maximum absolute atomic E-state index is 12.0. The largest absolute Gasteiger partial charge is 0.457 e. The van der Waals surface area contributed by atoms with Crippen molar-refractivity contribution in [3.05, 3.63) is 79.3 Å². The van der Waals surface area contributed by atoms with E-state index in [-0.39, 0.29) is 11.9 Å². The first-order chi connectivity index (χ1) is 20.0. The van der Waals surface area contributed by atoms with E-state index in [2.05, 4.69) is 33.0 Å². The number of amides is 1. The Hall–Kier alpha value is -4.65. The number of fused-ring (bicyclic) bond motifs is 1. The fraction of sp³-hybridized carbons (Fsp3) is 0.281. The van der Waals surface area contributed by atoms with Crippen molar-refractivity contribution in [2.75, 3.05) is 32.0 Å². The van der Waals surface area contributed by atoms with Crippen LogP contribution in [-0.2, 0) is 9.53 Å². The third-order valence-electron chi connectivity index (χ3n) is 7.70. The molecule has 0 bridgehead atoms. The average molecular weight is 550 g/mol. The molecule has 1 amide bonds. The first-order valence-electron chi connectivity index (χ1n) is 13.7. The highest BCUT2D eigenvalue weighted by Gasteiger charge is 2.33. The van der Waals surface area contributed by atoms with Crippen LogP contribution in [0.4, 0.5) is 5.82 Å². The van der Waals surface area contributed by atoms with Gasteiger partial charge in [-0.25, -0.2) is 9.97 Å². The number of aliphatic hydroxyl groups is 1. The number of likely N-dealkylation sites (tertiary alicyclic amines) is 1. The molecule has 9 heteroatoms. The molecular weight excluding hydrogens is 518 g/mol. The lowest BCUT2D eigenvalue weighted by Crippen LogP contribution is -2.45. The molecule has 2 aromatic carbocycles. The number of hydrogen-bond donors (Lipinski definition) is 2. The van der Waals surface area contributed by atoms with Gasteiger partial charge in [-0.2, -0.15) is 0 Å². The summed E-state index contributed by atoms with van der Waals surface area (Å²) in [6.45, 7) is 5.53. The van der Waals surface area contributed by atoms with Crippen molar-refractivity contribution in [2.24, 2.45) is 0 Å². The van der Waals surface area contributed by atoms with Gasteiger partial charge < -0.3 is 29.8 Å². The number of ether oxygens (including phenoxy) is 2. The molecule has 0 saturated carbocycles. The van der Waals surface area contributed by atoms with Gasteiger partial charge in [0.1, 0.15) is 40.6 Å². The third-order valence-corrected chi connectivity index (χ3v) is 7.70. The summed E-state index contributed by atoms with van der Waals surface area (Å²) in [4.78, 5) is 22.7. The predicted octanol–water partition coefficient (Wildman–Crippen LogP) is 4.33. The van der Waals surface area contributed by atoms with Gasteiger partial charge in [0.2, 0.25) is 5.91 Å². The van der Waals surface area contributed by atoms with Crippen LogP contribution in [0.25, 0.3) is 22.2 Å². The van der Waals surface area contributed by atoms with E-state index in [9.17, 15) is 9.90 Å². The van der Waals surface area contributed by atoms with Gasteiger partial charge in [-0.1, -0.05) is 42.8 Å². The number of aromatic nitrogens is 3. The van der Waals surface area contributed by atoms with E-state index in [1.54, 1.807) is 4.90 Å². The summed E-state index contributed by atoms with van der Waals surface area (Å²) >= 11 is 0. The van der Waals surface area contributed by atoms with Gasteiger partial charge in [-0.15, -0.1) is 0 Å². The zero-order chi connectivity index (χ0) is 28.4. The third kappa shape index (κ3) is 5.27. The van der Waals surface area contributed by atoms with Crippen molar-refractivity contribution in [3.8, 4) is 34.5 Å². The minimum atomic E-state index is -1.24. The number of nitrogens with zero attached hydrogens (tertiary/aromatic N) is 4. The van der Waals surface area contributed by atoms with Crippen LogP contribution in [0.3, 0.4) is 0 Å². The van der Waals surface area contributed by atoms with Gasteiger partial charge in [-0.3, -0.25) is 4.79 Å². The van der Waals surface area contributed by atoms with Crippen molar-refractivity contribution in [1.29, 1.82) is 0 Å². The van der Waals surface area contributed by atoms with Crippen LogP contribution in [0, 0.1) is 11.8 Å². The summed E-state index contributed by atoms with van der Waals surface area (Å²) in [5, 5.41) is 12.1. The van der Waals surface area contributed by atoms with Crippen LogP contribution in [0.1, 0.15) is 31.0 Å². The molecular formula is C32H31N5O4. The summed E-state index contributed by atoms with van der Waals surface area (Å²) in [6.07, 6.45) is 4.24. The van der Waals surface area contributed by atoms with Gasteiger partial charge >= 0.3 is 0 Å². The fourth-order valence-electron chi connectivity index (χ4n) is 5.48. The summed E-state index contributed by atoms with van der Waals surface area (Å²) < 4.78 is 13.8.